The van der Waals surface area contributed by atoms with E-state index in [-0.39, 0.29) is 12.7 Å². The van der Waals surface area contributed by atoms with Gasteiger partial charge in [-0.1, -0.05) is 6.07 Å². The lowest BCUT2D eigenvalue weighted by Gasteiger charge is -2.28. The molecule has 0 bridgehead atoms. The van der Waals surface area contributed by atoms with Crippen molar-refractivity contribution in [2.24, 2.45) is 0 Å². The second-order valence-corrected chi connectivity index (χ2v) is 6.38. The van der Waals surface area contributed by atoms with E-state index in [9.17, 15) is 4.79 Å². The Labute approximate surface area is 152 Å². The smallest absolute Gasteiger partial charge is 0.231 e. The van der Waals surface area contributed by atoms with E-state index in [0.29, 0.717) is 12.8 Å². The second kappa shape index (κ2) is 7.66. The molecule has 2 heterocycles. The number of carbonyl (C=O) groups is 1. The number of benzene rings is 2. The van der Waals surface area contributed by atoms with Gasteiger partial charge in [0, 0.05) is 30.9 Å². The van der Waals surface area contributed by atoms with Crippen LogP contribution in [0.2, 0.25) is 0 Å². The van der Waals surface area contributed by atoms with Crippen LogP contribution in [0.3, 0.4) is 0 Å². The number of hydrogen-bond donors (Lipinski definition) is 1. The van der Waals surface area contributed by atoms with Gasteiger partial charge in [0.05, 0.1) is 13.2 Å². The van der Waals surface area contributed by atoms with Gasteiger partial charge in [-0.15, -0.1) is 0 Å². The number of morpholine rings is 1. The number of nitrogens with one attached hydrogen (secondary N) is 1. The first-order chi connectivity index (χ1) is 12.8. The van der Waals surface area contributed by atoms with Crippen molar-refractivity contribution in [2.75, 3.05) is 43.3 Å². The summed E-state index contributed by atoms with van der Waals surface area (Å²) in [5.41, 5.74) is 3.04. The number of nitrogens with zero attached hydrogens (tertiary/aromatic N) is 1. The standard InChI is InChI=1S/C20H22N2O4/c23-20(8-2-15-1-7-18-19(13-15)26-14-25-18)21-16-3-5-17(6-4-16)22-9-11-24-12-10-22/h1,3-7,13H,2,8-12,14H2,(H,21,23). The summed E-state index contributed by atoms with van der Waals surface area (Å²) in [6.45, 7) is 3.60. The van der Waals surface area contributed by atoms with Gasteiger partial charge in [-0.05, 0) is 48.4 Å². The Morgan fingerprint density at radius 3 is 2.58 bits per heavy atom. The van der Waals surface area contributed by atoms with Crippen molar-refractivity contribution < 1.29 is 19.0 Å². The van der Waals surface area contributed by atoms with Crippen molar-refractivity contribution in [3.63, 3.8) is 0 Å². The Morgan fingerprint density at radius 2 is 1.77 bits per heavy atom. The van der Waals surface area contributed by atoms with Gasteiger partial charge >= 0.3 is 0 Å². The average Bonchev–Trinajstić information content (AvgIpc) is 3.15. The van der Waals surface area contributed by atoms with Crippen LogP contribution in [0.1, 0.15) is 12.0 Å². The lowest BCUT2D eigenvalue weighted by atomic mass is 10.1. The molecule has 0 unspecified atom stereocenters. The summed E-state index contributed by atoms with van der Waals surface area (Å²) in [6, 6.07) is 13.8. The highest BCUT2D eigenvalue weighted by atomic mass is 16.7. The van der Waals surface area contributed by atoms with Gasteiger partial charge in [-0.2, -0.15) is 0 Å². The van der Waals surface area contributed by atoms with Gasteiger partial charge in [0.1, 0.15) is 0 Å². The van der Waals surface area contributed by atoms with Crippen molar-refractivity contribution in [3.05, 3.63) is 48.0 Å². The van der Waals surface area contributed by atoms with Crippen LogP contribution in [0.4, 0.5) is 11.4 Å². The highest BCUT2D eigenvalue weighted by Gasteiger charge is 2.14. The van der Waals surface area contributed by atoms with E-state index in [2.05, 4.69) is 10.2 Å². The van der Waals surface area contributed by atoms with Crippen LogP contribution in [0.15, 0.2) is 42.5 Å². The molecule has 0 aliphatic carbocycles. The van der Waals surface area contributed by atoms with E-state index in [0.717, 1.165) is 54.7 Å². The van der Waals surface area contributed by atoms with Gasteiger partial charge in [-0.3, -0.25) is 4.79 Å². The largest absolute Gasteiger partial charge is 0.454 e. The number of aryl methyl sites for hydroxylation is 1. The first-order valence-corrected chi connectivity index (χ1v) is 8.89. The number of carbonyl (C=O) groups excluding carboxylic acids is 1. The lowest BCUT2D eigenvalue weighted by Crippen LogP contribution is -2.36. The lowest BCUT2D eigenvalue weighted by molar-refractivity contribution is -0.116. The normalized spacial score (nSPS) is 15.8. The molecule has 0 saturated carbocycles. The maximum absolute atomic E-state index is 12.2. The van der Waals surface area contributed by atoms with Gasteiger partial charge < -0.3 is 24.4 Å². The van der Waals surface area contributed by atoms with E-state index >= 15 is 0 Å². The predicted octanol–water partition coefficient (Wildman–Crippen LogP) is 2.82. The van der Waals surface area contributed by atoms with Gasteiger partial charge in [0.15, 0.2) is 11.5 Å². The van der Waals surface area contributed by atoms with Crippen LogP contribution in [0, 0.1) is 0 Å². The molecule has 4 rings (SSSR count). The first kappa shape index (κ1) is 16.7. The minimum atomic E-state index is 0.00166. The van der Waals surface area contributed by atoms with E-state index < -0.39 is 0 Å². The third kappa shape index (κ3) is 3.91. The Morgan fingerprint density at radius 1 is 1.00 bits per heavy atom. The maximum Gasteiger partial charge on any atom is 0.231 e. The fourth-order valence-corrected chi connectivity index (χ4v) is 3.15. The van der Waals surface area contributed by atoms with Crippen LogP contribution in [-0.2, 0) is 16.0 Å². The predicted molar refractivity (Wildman–Crippen MR) is 99.0 cm³/mol. The summed E-state index contributed by atoms with van der Waals surface area (Å²) in [5.74, 6) is 1.52. The van der Waals surface area contributed by atoms with E-state index in [1.54, 1.807) is 0 Å². The third-order valence-electron chi connectivity index (χ3n) is 4.61. The number of fused-ring (bicyclic) bond motifs is 1. The summed E-state index contributed by atoms with van der Waals surface area (Å²) in [5, 5.41) is 2.96. The molecule has 2 aromatic carbocycles. The van der Waals surface area contributed by atoms with Crippen molar-refractivity contribution >= 4 is 17.3 Å². The van der Waals surface area contributed by atoms with E-state index in [4.69, 9.17) is 14.2 Å². The van der Waals surface area contributed by atoms with Gasteiger partial charge in [-0.25, -0.2) is 0 Å². The molecule has 0 aromatic heterocycles. The SMILES string of the molecule is O=C(CCc1ccc2c(c1)OCO2)Nc1ccc(N2CCOCC2)cc1. The van der Waals surface area contributed by atoms with Crippen LogP contribution in [-0.4, -0.2) is 39.0 Å². The minimum absolute atomic E-state index is 0.00166. The van der Waals surface area contributed by atoms with Crippen molar-refractivity contribution in [1.29, 1.82) is 0 Å². The van der Waals surface area contributed by atoms with Crippen molar-refractivity contribution in [2.45, 2.75) is 12.8 Å². The zero-order chi connectivity index (χ0) is 17.8. The Balaban J connectivity index is 1.29. The molecule has 1 fully saturated rings. The van der Waals surface area contributed by atoms with Crippen LogP contribution < -0.4 is 19.7 Å². The minimum Gasteiger partial charge on any atom is -0.454 e. The number of anilines is 2. The third-order valence-corrected chi connectivity index (χ3v) is 4.61. The fraction of sp³-hybridized carbons (Fsp3) is 0.350. The quantitative estimate of drug-likeness (QED) is 0.895. The summed E-state index contributed by atoms with van der Waals surface area (Å²) >= 11 is 0. The summed E-state index contributed by atoms with van der Waals surface area (Å²) < 4.78 is 16.0. The topological polar surface area (TPSA) is 60.0 Å². The molecule has 6 nitrogen and oxygen atoms in total. The van der Waals surface area contributed by atoms with Crippen molar-refractivity contribution in [3.8, 4) is 11.5 Å². The van der Waals surface area contributed by atoms with Gasteiger partial charge in [0.25, 0.3) is 0 Å². The molecule has 1 amide bonds. The Bertz CT molecular complexity index is 770. The molecule has 0 atom stereocenters. The Hall–Kier alpha value is -2.73. The zero-order valence-corrected chi connectivity index (χ0v) is 14.6. The molecule has 1 N–H and O–H groups in total. The molecule has 2 aliphatic rings. The molecule has 0 radical (unpaired) electrons. The van der Waals surface area contributed by atoms with E-state index in [1.165, 1.54) is 0 Å². The molecule has 2 aliphatic heterocycles. The molecular weight excluding hydrogens is 332 g/mol. The summed E-state index contributed by atoms with van der Waals surface area (Å²) in [4.78, 5) is 14.5. The highest BCUT2D eigenvalue weighted by molar-refractivity contribution is 5.91. The number of rotatable bonds is 5. The molecular formula is C20H22N2O4. The number of ether oxygens (including phenoxy) is 3. The molecule has 6 heteroatoms. The van der Waals surface area contributed by atoms with Crippen LogP contribution in [0.25, 0.3) is 0 Å². The molecule has 136 valence electrons. The molecule has 26 heavy (non-hydrogen) atoms. The summed E-state index contributed by atoms with van der Waals surface area (Å²) in [7, 11) is 0. The number of amides is 1. The molecule has 2 aromatic rings. The van der Waals surface area contributed by atoms with Crippen molar-refractivity contribution in [1.82, 2.24) is 0 Å². The zero-order valence-electron chi connectivity index (χ0n) is 14.6. The highest BCUT2D eigenvalue weighted by Crippen LogP contribution is 2.32. The molecule has 0 spiro atoms. The van der Waals surface area contributed by atoms with E-state index in [1.807, 2.05) is 42.5 Å². The first-order valence-electron chi connectivity index (χ1n) is 8.89. The fourth-order valence-electron chi connectivity index (χ4n) is 3.15. The average molecular weight is 354 g/mol. The monoisotopic (exact) mass is 354 g/mol. The second-order valence-electron chi connectivity index (χ2n) is 6.38. The van der Waals surface area contributed by atoms with Crippen LogP contribution in [0.5, 0.6) is 11.5 Å². The van der Waals surface area contributed by atoms with Gasteiger partial charge in [0.2, 0.25) is 12.7 Å². The van der Waals surface area contributed by atoms with Crippen LogP contribution >= 0.6 is 0 Å². The maximum atomic E-state index is 12.2. The summed E-state index contributed by atoms with van der Waals surface area (Å²) in [6.07, 6.45) is 1.08. The molecule has 1 saturated heterocycles. The Kier molecular flexibility index (Phi) is 4.93. The number of hydrogen-bond acceptors (Lipinski definition) is 5.